The summed E-state index contributed by atoms with van der Waals surface area (Å²) in [7, 11) is 0. The van der Waals surface area contributed by atoms with Crippen molar-refractivity contribution in [2.75, 3.05) is 11.9 Å². The lowest BCUT2D eigenvalue weighted by molar-refractivity contribution is -0.134. The Labute approximate surface area is 300 Å². The molecule has 1 fully saturated rings. The first-order chi connectivity index (χ1) is 25.5. The minimum atomic E-state index is -0.850. The van der Waals surface area contributed by atoms with Crippen LogP contribution in [0.5, 0.6) is 0 Å². The van der Waals surface area contributed by atoms with Gasteiger partial charge in [0.05, 0.1) is 5.52 Å². The van der Waals surface area contributed by atoms with Crippen molar-refractivity contribution in [1.29, 1.82) is 0 Å². The Bertz CT molecular complexity index is 2250. The summed E-state index contributed by atoms with van der Waals surface area (Å²) in [5.41, 5.74) is 6.03. The van der Waals surface area contributed by atoms with E-state index in [1.807, 2.05) is 101 Å². The first kappa shape index (κ1) is 32.8. The topological polar surface area (TPSA) is 113 Å². The minimum absolute atomic E-state index is 0.205. The molecule has 0 radical (unpaired) electrons. The highest BCUT2D eigenvalue weighted by Gasteiger charge is 2.39. The Balaban J connectivity index is 1.27. The van der Waals surface area contributed by atoms with Gasteiger partial charge in [0.25, 0.3) is 0 Å². The zero-order valence-electron chi connectivity index (χ0n) is 28.6. The van der Waals surface area contributed by atoms with Crippen LogP contribution in [0.3, 0.4) is 0 Å². The van der Waals surface area contributed by atoms with E-state index < -0.39 is 17.6 Å². The third kappa shape index (κ3) is 6.13. The average Bonchev–Trinajstić information content (AvgIpc) is 3.83. The summed E-state index contributed by atoms with van der Waals surface area (Å²) < 4.78 is 14.8. The number of hydrogen-bond acceptors (Lipinski definition) is 7. The van der Waals surface area contributed by atoms with Gasteiger partial charge in [-0.15, -0.1) is 5.10 Å². The van der Waals surface area contributed by atoms with Crippen molar-refractivity contribution in [3.63, 3.8) is 0 Å². The molecule has 1 aliphatic heterocycles. The van der Waals surface area contributed by atoms with Gasteiger partial charge in [0, 0.05) is 35.7 Å². The van der Waals surface area contributed by atoms with E-state index in [9.17, 15) is 9.59 Å². The van der Waals surface area contributed by atoms with E-state index in [0.29, 0.717) is 23.8 Å². The highest BCUT2D eigenvalue weighted by Crippen LogP contribution is 2.41. The summed E-state index contributed by atoms with van der Waals surface area (Å²) in [6, 6.07) is 44.6. The number of rotatable bonds is 8. The molecule has 1 N–H and O–H groups in total. The number of ether oxygens (including phenoxy) is 2. The lowest BCUT2D eigenvalue weighted by atomic mass is 9.77. The van der Waals surface area contributed by atoms with Crippen molar-refractivity contribution < 1.29 is 19.1 Å². The number of nitrogens with one attached hydrogen (secondary N) is 1. The molecule has 1 unspecified atom stereocenters. The fraction of sp³-hybridized carbons (Fsp3) is 0.167. The van der Waals surface area contributed by atoms with Crippen LogP contribution in [0.1, 0.15) is 49.1 Å². The molecule has 0 aliphatic carbocycles. The van der Waals surface area contributed by atoms with Crippen LogP contribution in [-0.4, -0.2) is 43.2 Å². The summed E-state index contributed by atoms with van der Waals surface area (Å²) in [4.78, 5) is 28.5. The standard InChI is InChI=1S/C42H36N6O4/c1-29(49)52-41(50)44-35-21-13-14-30(26-35)39-36-27-31(23-24-37(36)48(45-39)38-22-11-12-25-51-38)40-43-28-47(46-40)42(32-15-5-2-6-16-32,33-17-7-3-8-18-33)34-19-9-4-10-20-34/h2-10,13-21,23-24,26-28,38H,11-12,22,25H2,1H3,(H,44,50). The molecular weight excluding hydrogens is 652 g/mol. The number of nitrogens with zero attached hydrogens (tertiary/aromatic N) is 5. The van der Waals surface area contributed by atoms with Gasteiger partial charge in [-0.2, -0.15) is 5.10 Å². The Morgan fingerprint density at radius 3 is 2.06 bits per heavy atom. The Kier molecular flexibility index (Phi) is 8.88. The number of carbonyl (C=O) groups is 2. The van der Waals surface area contributed by atoms with Crippen LogP contribution >= 0.6 is 0 Å². The second kappa shape index (κ2) is 14.1. The first-order valence-corrected chi connectivity index (χ1v) is 17.3. The van der Waals surface area contributed by atoms with Crippen molar-refractivity contribution in [1.82, 2.24) is 24.5 Å². The largest absolute Gasteiger partial charge is 0.419 e. The number of amides is 1. The molecule has 0 saturated carbocycles. The molecule has 0 bridgehead atoms. The van der Waals surface area contributed by atoms with Crippen LogP contribution in [0.4, 0.5) is 10.5 Å². The van der Waals surface area contributed by atoms with Gasteiger partial charge in [0.15, 0.2) is 12.1 Å². The van der Waals surface area contributed by atoms with Gasteiger partial charge in [-0.3, -0.25) is 10.1 Å². The molecule has 7 aromatic rings. The van der Waals surface area contributed by atoms with Crippen molar-refractivity contribution >= 4 is 28.7 Å². The summed E-state index contributed by atoms with van der Waals surface area (Å²) >= 11 is 0. The molecule has 10 nitrogen and oxygen atoms in total. The monoisotopic (exact) mass is 688 g/mol. The van der Waals surface area contributed by atoms with Crippen molar-refractivity contribution in [3.8, 4) is 22.6 Å². The number of carbonyl (C=O) groups excluding carboxylic acids is 2. The number of esters is 1. The van der Waals surface area contributed by atoms with Crippen LogP contribution in [-0.2, 0) is 19.8 Å². The molecule has 52 heavy (non-hydrogen) atoms. The molecule has 2 aromatic heterocycles. The van der Waals surface area contributed by atoms with E-state index in [2.05, 4.69) is 52.5 Å². The van der Waals surface area contributed by atoms with Gasteiger partial charge < -0.3 is 9.47 Å². The van der Waals surface area contributed by atoms with E-state index in [4.69, 9.17) is 19.9 Å². The van der Waals surface area contributed by atoms with Crippen LogP contribution in [0.25, 0.3) is 33.5 Å². The maximum Gasteiger partial charge on any atom is 0.419 e. The number of hydrogen-bond donors (Lipinski definition) is 1. The molecule has 0 spiro atoms. The second-order valence-corrected chi connectivity index (χ2v) is 12.8. The molecular formula is C42H36N6O4. The number of benzene rings is 5. The van der Waals surface area contributed by atoms with Gasteiger partial charge >= 0.3 is 12.1 Å². The zero-order chi connectivity index (χ0) is 35.5. The number of fused-ring (bicyclic) bond motifs is 1. The molecule has 3 heterocycles. The summed E-state index contributed by atoms with van der Waals surface area (Å²) in [6.45, 7) is 1.85. The van der Waals surface area contributed by atoms with Crippen molar-refractivity contribution in [2.24, 2.45) is 0 Å². The maximum atomic E-state index is 12.2. The Hall–Kier alpha value is -6.39. The zero-order valence-corrected chi connectivity index (χ0v) is 28.6. The first-order valence-electron chi connectivity index (χ1n) is 17.3. The maximum absolute atomic E-state index is 12.2. The average molecular weight is 689 g/mol. The van der Waals surface area contributed by atoms with Crippen molar-refractivity contribution in [3.05, 3.63) is 156 Å². The van der Waals surface area contributed by atoms with Gasteiger partial charge in [-0.05, 0) is 66.3 Å². The fourth-order valence-electron chi connectivity index (χ4n) is 7.14. The van der Waals surface area contributed by atoms with E-state index in [-0.39, 0.29) is 6.23 Å². The number of anilines is 1. The quantitative estimate of drug-likeness (QED) is 0.0967. The molecule has 1 saturated heterocycles. The smallest absolute Gasteiger partial charge is 0.376 e. The molecule has 1 aliphatic rings. The second-order valence-electron chi connectivity index (χ2n) is 12.8. The lowest BCUT2D eigenvalue weighted by Crippen LogP contribution is -2.38. The Morgan fingerprint density at radius 2 is 1.44 bits per heavy atom. The van der Waals surface area contributed by atoms with Crippen LogP contribution in [0.2, 0.25) is 0 Å². The SMILES string of the molecule is CC(=O)OC(=O)Nc1cccc(-c2nn(C3CCCCO3)c3ccc(-c4ncn(C(c5ccccc5)(c5ccccc5)c5ccccc5)n4)cc23)c1. The van der Waals surface area contributed by atoms with E-state index in [1.165, 1.54) is 6.92 Å². The summed E-state index contributed by atoms with van der Waals surface area (Å²) in [6.07, 6.45) is 3.66. The predicted molar refractivity (Wildman–Crippen MR) is 198 cm³/mol. The van der Waals surface area contributed by atoms with Gasteiger partial charge in [-0.1, -0.05) is 103 Å². The molecule has 258 valence electrons. The van der Waals surface area contributed by atoms with E-state index in [0.717, 1.165) is 58.0 Å². The van der Waals surface area contributed by atoms with Crippen LogP contribution in [0.15, 0.2) is 140 Å². The van der Waals surface area contributed by atoms with Crippen LogP contribution in [0, 0.1) is 0 Å². The summed E-state index contributed by atoms with van der Waals surface area (Å²) in [5.74, 6) is -0.132. The lowest BCUT2D eigenvalue weighted by Gasteiger charge is -2.35. The van der Waals surface area contributed by atoms with Crippen LogP contribution < -0.4 is 5.32 Å². The Morgan fingerprint density at radius 1 is 0.769 bits per heavy atom. The number of aromatic nitrogens is 5. The molecule has 5 aromatic carbocycles. The molecule has 1 amide bonds. The van der Waals surface area contributed by atoms with Gasteiger partial charge in [0.2, 0.25) is 0 Å². The normalized spacial score (nSPS) is 14.6. The fourth-order valence-corrected chi connectivity index (χ4v) is 7.14. The molecule has 8 rings (SSSR count). The minimum Gasteiger partial charge on any atom is -0.376 e. The highest BCUT2D eigenvalue weighted by atomic mass is 16.6. The highest BCUT2D eigenvalue weighted by molar-refractivity contribution is 5.97. The third-order valence-electron chi connectivity index (χ3n) is 9.42. The predicted octanol–water partition coefficient (Wildman–Crippen LogP) is 8.60. The molecule has 10 heteroatoms. The van der Waals surface area contributed by atoms with E-state index >= 15 is 0 Å². The summed E-state index contributed by atoms with van der Waals surface area (Å²) in [5, 5.41) is 13.8. The van der Waals surface area contributed by atoms with Crippen molar-refractivity contribution in [2.45, 2.75) is 38.0 Å². The van der Waals surface area contributed by atoms with E-state index in [1.54, 1.807) is 6.07 Å². The van der Waals surface area contributed by atoms with Gasteiger partial charge in [0.1, 0.15) is 17.6 Å². The molecule has 1 atom stereocenters. The van der Waals surface area contributed by atoms with Gasteiger partial charge in [-0.25, -0.2) is 19.1 Å². The third-order valence-corrected chi connectivity index (χ3v) is 9.42.